The lowest BCUT2D eigenvalue weighted by Crippen LogP contribution is -2.32. The van der Waals surface area contributed by atoms with Crippen LogP contribution in [0.5, 0.6) is 11.5 Å². The van der Waals surface area contributed by atoms with Gasteiger partial charge in [-0.3, -0.25) is 9.59 Å². The van der Waals surface area contributed by atoms with Gasteiger partial charge in [-0.05, 0) is 53.4 Å². The van der Waals surface area contributed by atoms with Crippen molar-refractivity contribution in [3.05, 3.63) is 89.0 Å². The maximum atomic E-state index is 13.3. The van der Waals surface area contributed by atoms with E-state index in [1.54, 1.807) is 25.2 Å². The Bertz CT molecular complexity index is 1170. The highest BCUT2D eigenvalue weighted by Gasteiger charge is 2.34. The minimum atomic E-state index is -0.459. The van der Waals surface area contributed by atoms with Gasteiger partial charge in [-0.1, -0.05) is 43.3 Å². The molecular formula is C27H28N2O4. The Balaban J connectivity index is 1.64. The number of anilines is 1. The summed E-state index contributed by atoms with van der Waals surface area (Å²) in [6.45, 7) is 2.53. The molecule has 1 aliphatic heterocycles. The lowest BCUT2D eigenvalue weighted by molar-refractivity contribution is -0.117. The van der Waals surface area contributed by atoms with Crippen LogP contribution in [0, 0.1) is 0 Å². The van der Waals surface area contributed by atoms with Gasteiger partial charge in [0.25, 0.3) is 5.91 Å². The van der Waals surface area contributed by atoms with E-state index < -0.39 is 6.04 Å². The molecule has 1 atom stereocenters. The molecule has 0 bridgehead atoms. The van der Waals surface area contributed by atoms with Crippen LogP contribution in [0.3, 0.4) is 0 Å². The Morgan fingerprint density at radius 3 is 2.52 bits per heavy atom. The molecule has 6 heteroatoms. The number of carbonyl (C=O) groups is 2. The molecule has 0 spiro atoms. The van der Waals surface area contributed by atoms with Gasteiger partial charge in [-0.15, -0.1) is 0 Å². The van der Waals surface area contributed by atoms with Crippen LogP contribution < -0.4 is 14.8 Å². The van der Waals surface area contributed by atoms with E-state index in [9.17, 15) is 9.59 Å². The SMILES string of the molecule is CCc1cccc(NC(=O)CC(c2ccc(OC)c(OC)c2)N2Cc3ccccc3C2=O)c1. The zero-order chi connectivity index (χ0) is 23.4. The summed E-state index contributed by atoms with van der Waals surface area (Å²) in [5, 5.41) is 2.99. The molecule has 6 nitrogen and oxygen atoms in total. The first-order valence-electron chi connectivity index (χ1n) is 11.0. The molecule has 0 saturated carbocycles. The highest BCUT2D eigenvalue weighted by Crippen LogP contribution is 2.37. The van der Waals surface area contributed by atoms with Crippen LogP contribution in [0.15, 0.2) is 66.7 Å². The number of fused-ring (bicyclic) bond motifs is 1. The lowest BCUT2D eigenvalue weighted by atomic mass is 10.0. The molecule has 3 aromatic rings. The van der Waals surface area contributed by atoms with Crippen molar-refractivity contribution in [2.75, 3.05) is 19.5 Å². The third kappa shape index (κ3) is 4.70. The van der Waals surface area contributed by atoms with E-state index in [-0.39, 0.29) is 18.2 Å². The van der Waals surface area contributed by atoms with Crippen molar-refractivity contribution in [1.82, 2.24) is 4.90 Å². The number of nitrogens with one attached hydrogen (secondary N) is 1. The zero-order valence-electron chi connectivity index (χ0n) is 19.1. The Kier molecular flexibility index (Phi) is 6.63. The summed E-state index contributed by atoms with van der Waals surface area (Å²) in [6, 6.07) is 20.4. The molecule has 1 N–H and O–H groups in total. The first-order chi connectivity index (χ1) is 16.0. The monoisotopic (exact) mass is 444 g/mol. The third-order valence-corrected chi connectivity index (χ3v) is 6.02. The number of nitrogens with zero attached hydrogens (tertiary/aromatic N) is 1. The van der Waals surface area contributed by atoms with Gasteiger partial charge in [0.05, 0.1) is 26.7 Å². The second-order valence-corrected chi connectivity index (χ2v) is 8.03. The smallest absolute Gasteiger partial charge is 0.255 e. The number of aryl methyl sites for hydroxylation is 1. The number of benzene rings is 3. The van der Waals surface area contributed by atoms with Gasteiger partial charge >= 0.3 is 0 Å². The molecule has 0 aromatic heterocycles. The first-order valence-corrected chi connectivity index (χ1v) is 11.0. The van der Waals surface area contributed by atoms with Crippen LogP contribution in [-0.4, -0.2) is 30.9 Å². The molecule has 4 rings (SSSR count). The molecule has 2 amide bonds. The second-order valence-electron chi connectivity index (χ2n) is 8.03. The molecule has 3 aromatic carbocycles. The van der Waals surface area contributed by atoms with E-state index in [2.05, 4.69) is 12.2 Å². The number of ether oxygens (including phenoxy) is 2. The number of amides is 2. The number of hydrogen-bond acceptors (Lipinski definition) is 4. The molecule has 0 fully saturated rings. The molecule has 1 heterocycles. The fourth-order valence-electron chi connectivity index (χ4n) is 4.25. The van der Waals surface area contributed by atoms with E-state index in [0.717, 1.165) is 28.8 Å². The summed E-state index contributed by atoms with van der Waals surface area (Å²) in [5.41, 5.74) is 4.35. The van der Waals surface area contributed by atoms with E-state index in [1.165, 1.54) is 0 Å². The predicted molar refractivity (Wildman–Crippen MR) is 128 cm³/mol. The summed E-state index contributed by atoms with van der Waals surface area (Å²) < 4.78 is 10.8. The average Bonchev–Trinajstić information content (AvgIpc) is 3.18. The van der Waals surface area contributed by atoms with Gasteiger partial charge in [0.1, 0.15) is 0 Å². The van der Waals surface area contributed by atoms with Crippen molar-refractivity contribution >= 4 is 17.5 Å². The third-order valence-electron chi connectivity index (χ3n) is 6.02. The van der Waals surface area contributed by atoms with E-state index in [4.69, 9.17) is 9.47 Å². The minimum absolute atomic E-state index is 0.0776. The fourth-order valence-corrected chi connectivity index (χ4v) is 4.25. The molecule has 1 aliphatic rings. The Hall–Kier alpha value is -3.80. The standard InChI is InChI=1S/C27H28N2O4/c1-4-18-8-7-10-21(14-18)28-26(30)16-23(19-12-13-24(32-2)25(15-19)33-3)29-17-20-9-5-6-11-22(20)27(29)31/h5-15,23H,4,16-17H2,1-3H3,(H,28,30). The summed E-state index contributed by atoms with van der Waals surface area (Å²) >= 11 is 0. The van der Waals surface area contributed by atoms with Crippen molar-refractivity contribution in [2.24, 2.45) is 0 Å². The van der Waals surface area contributed by atoms with Crippen molar-refractivity contribution in [1.29, 1.82) is 0 Å². The highest BCUT2D eigenvalue weighted by molar-refractivity contribution is 5.99. The van der Waals surface area contributed by atoms with Crippen LogP contribution in [0.4, 0.5) is 5.69 Å². The van der Waals surface area contributed by atoms with Crippen molar-refractivity contribution < 1.29 is 19.1 Å². The number of methoxy groups -OCH3 is 2. The number of hydrogen-bond donors (Lipinski definition) is 1. The predicted octanol–water partition coefficient (Wildman–Crippen LogP) is 4.99. The topological polar surface area (TPSA) is 67.9 Å². The zero-order valence-corrected chi connectivity index (χ0v) is 19.1. The Morgan fingerprint density at radius 1 is 1.00 bits per heavy atom. The van der Waals surface area contributed by atoms with Crippen LogP contribution in [0.25, 0.3) is 0 Å². The summed E-state index contributed by atoms with van der Waals surface area (Å²) in [7, 11) is 3.15. The molecule has 33 heavy (non-hydrogen) atoms. The summed E-state index contributed by atoms with van der Waals surface area (Å²) in [5.74, 6) is 0.912. The molecular weight excluding hydrogens is 416 g/mol. The highest BCUT2D eigenvalue weighted by atomic mass is 16.5. The number of rotatable bonds is 8. The second kappa shape index (κ2) is 9.77. The van der Waals surface area contributed by atoms with Gasteiger partial charge < -0.3 is 19.7 Å². The molecule has 0 aliphatic carbocycles. The van der Waals surface area contributed by atoms with Crippen LogP contribution in [0.1, 0.15) is 46.4 Å². The average molecular weight is 445 g/mol. The van der Waals surface area contributed by atoms with E-state index >= 15 is 0 Å². The number of carbonyl (C=O) groups excluding carboxylic acids is 2. The van der Waals surface area contributed by atoms with Gasteiger partial charge in [-0.25, -0.2) is 0 Å². The van der Waals surface area contributed by atoms with Crippen LogP contribution in [-0.2, 0) is 17.8 Å². The van der Waals surface area contributed by atoms with Crippen molar-refractivity contribution in [3.63, 3.8) is 0 Å². The van der Waals surface area contributed by atoms with Gasteiger partial charge in [0.2, 0.25) is 5.91 Å². The van der Waals surface area contributed by atoms with Gasteiger partial charge in [0.15, 0.2) is 11.5 Å². The van der Waals surface area contributed by atoms with E-state index in [0.29, 0.717) is 23.6 Å². The minimum Gasteiger partial charge on any atom is -0.493 e. The van der Waals surface area contributed by atoms with Crippen LogP contribution >= 0.6 is 0 Å². The van der Waals surface area contributed by atoms with Crippen LogP contribution in [0.2, 0.25) is 0 Å². The quantitative estimate of drug-likeness (QED) is 0.531. The maximum Gasteiger partial charge on any atom is 0.255 e. The summed E-state index contributed by atoms with van der Waals surface area (Å²) in [6.07, 6.45) is 1.00. The maximum absolute atomic E-state index is 13.3. The molecule has 0 saturated heterocycles. The summed E-state index contributed by atoms with van der Waals surface area (Å²) in [4.78, 5) is 28.1. The Labute approximate surface area is 194 Å². The molecule has 170 valence electrons. The molecule has 0 radical (unpaired) electrons. The van der Waals surface area contributed by atoms with E-state index in [1.807, 2.05) is 60.7 Å². The largest absolute Gasteiger partial charge is 0.493 e. The fraction of sp³-hybridized carbons (Fsp3) is 0.259. The normalized spacial score (nSPS) is 13.4. The van der Waals surface area contributed by atoms with Crippen molar-refractivity contribution in [3.8, 4) is 11.5 Å². The lowest BCUT2D eigenvalue weighted by Gasteiger charge is -2.28. The van der Waals surface area contributed by atoms with Gasteiger partial charge in [0, 0.05) is 17.8 Å². The first kappa shape index (κ1) is 22.4. The van der Waals surface area contributed by atoms with Gasteiger partial charge in [-0.2, -0.15) is 0 Å². The van der Waals surface area contributed by atoms with Crippen molar-refractivity contribution in [2.45, 2.75) is 32.4 Å². The Morgan fingerprint density at radius 2 is 1.79 bits per heavy atom. The molecule has 1 unspecified atom stereocenters.